The quantitative estimate of drug-likeness (QED) is 0.809. The molecule has 0 fully saturated rings. The van der Waals surface area contributed by atoms with Gasteiger partial charge in [-0.3, -0.25) is 0 Å². The number of nitrogens with one attached hydrogen (secondary N) is 1. The van der Waals surface area contributed by atoms with Gasteiger partial charge in [-0.05, 0) is 50.9 Å². The standard InChI is InChI=1S/C15H23Cl2NO/c1-5-9-18-14(15(2,3)19-4)10-11-12(16)7-6-8-13(11)17/h6-8,14,18H,5,9-10H2,1-4H3. The Morgan fingerprint density at radius 3 is 2.32 bits per heavy atom. The summed E-state index contributed by atoms with van der Waals surface area (Å²) in [5.74, 6) is 0. The molecule has 1 N–H and O–H groups in total. The van der Waals surface area contributed by atoms with Crippen molar-refractivity contribution in [3.05, 3.63) is 33.8 Å². The average Bonchev–Trinajstić information content (AvgIpc) is 2.37. The summed E-state index contributed by atoms with van der Waals surface area (Å²) in [5, 5.41) is 4.94. The fourth-order valence-electron chi connectivity index (χ4n) is 1.96. The molecule has 2 nitrogen and oxygen atoms in total. The highest BCUT2D eigenvalue weighted by Gasteiger charge is 2.30. The van der Waals surface area contributed by atoms with Gasteiger partial charge in [0.05, 0.1) is 5.60 Å². The highest BCUT2D eigenvalue weighted by molar-refractivity contribution is 6.36. The van der Waals surface area contributed by atoms with Crippen molar-refractivity contribution >= 4 is 23.2 Å². The lowest BCUT2D eigenvalue weighted by molar-refractivity contribution is -0.00996. The van der Waals surface area contributed by atoms with Gasteiger partial charge in [-0.1, -0.05) is 36.2 Å². The number of methoxy groups -OCH3 is 1. The third-order valence-electron chi connectivity index (χ3n) is 3.48. The van der Waals surface area contributed by atoms with Gasteiger partial charge in [0.15, 0.2) is 0 Å². The Morgan fingerprint density at radius 1 is 1.26 bits per heavy atom. The van der Waals surface area contributed by atoms with Crippen LogP contribution in [0.25, 0.3) is 0 Å². The lowest BCUT2D eigenvalue weighted by Gasteiger charge is -2.34. The Morgan fingerprint density at radius 2 is 1.84 bits per heavy atom. The van der Waals surface area contributed by atoms with Crippen LogP contribution in [0.5, 0.6) is 0 Å². The molecule has 108 valence electrons. The van der Waals surface area contributed by atoms with Gasteiger partial charge < -0.3 is 10.1 Å². The summed E-state index contributed by atoms with van der Waals surface area (Å²) in [5.41, 5.74) is 0.696. The molecule has 0 aliphatic heterocycles. The largest absolute Gasteiger partial charge is 0.377 e. The molecule has 1 aromatic rings. The highest BCUT2D eigenvalue weighted by Crippen LogP contribution is 2.28. The average molecular weight is 304 g/mol. The first-order valence-corrected chi connectivity index (χ1v) is 7.39. The summed E-state index contributed by atoms with van der Waals surface area (Å²) in [4.78, 5) is 0. The maximum absolute atomic E-state index is 6.25. The molecule has 0 radical (unpaired) electrons. The van der Waals surface area contributed by atoms with Gasteiger partial charge in [0.2, 0.25) is 0 Å². The molecule has 0 spiro atoms. The summed E-state index contributed by atoms with van der Waals surface area (Å²) < 4.78 is 5.60. The van der Waals surface area contributed by atoms with Crippen LogP contribution in [-0.4, -0.2) is 25.3 Å². The van der Waals surface area contributed by atoms with Gasteiger partial charge in [-0.15, -0.1) is 0 Å². The van der Waals surface area contributed by atoms with Crippen LogP contribution in [0.2, 0.25) is 10.0 Å². The van der Waals surface area contributed by atoms with Gasteiger partial charge in [-0.2, -0.15) is 0 Å². The van der Waals surface area contributed by atoms with Crippen molar-refractivity contribution in [2.75, 3.05) is 13.7 Å². The van der Waals surface area contributed by atoms with Crippen LogP contribution in [0.4, 0.5) is 0 Å². The first-order chi connectivity index (χ1) is 8.92. The fourth-order valence-corrected chi connectivity index (χ4v) is 2.51. The van der Waals surface area contributed by atoms with Crippen molar-refractivity contribution in [3.63, 3.8) is 0 Å². The number of hydrogen-bond acceptors (Lipinski definition) is 2. The van der Waals surface area contributed by atoms with E-state index >= 15 is 0 Å². The Kier molecular flexibility index (Phi) is 6.61. The van der Waals surface area contributed by atoms with E-state index in [0.717, 1.165) is 24.9 Å². The Bertz CT molecular complexity index is 387. The molecule has 0 saturated heterocycles. The second-order valence-electron chi connectivity index (χ2n) is 5.22. The lowest BCUT2D eigenvalue weighted by Crippen LogP contribution is -2.49. The predicted octanol–water partition coefficient (Wildman–Crippen LogP) is 4.33. The molecule has 1 rings (SSSR count). The second-order valence-corrected chi connectivity index (χ2v) is 6.03. The van der Waals surface area contributed by atoms with E-state index in [1.165, 1.54) is 0 Å². The van der Waals surface area contributed by atoms with E-state index in [0.29, 0.717) is 10.0 Å². The molecule has 0 aliphatic rings. The Balaban J connectivity index is 2.94. The smallest absolute Gasteiger partial charge is 0.0778 e. The fraction of sp³-hybridized carbons (Fsp3) is 0.600. The molecule has 0 aromatic heterocycles. The number of halogens is 2. The molecular formula is C15H23Cl2NO. The van der Waals surface area contributed by atoms with Crippen molar-refractivity contribution < 1.29 is 4.74 Å². The summed E-state index contributed by atoms with van der Waals surface area (Å²) in [6, 6.07) is 5.78. The van der Waals surface area contributed by atoms with E-state index < -0.39 is 0 Å². The van der Waals surface area contributed by atoms with Crippen LogP contribution >= 0.6 is 23.2 Å². The zero-order valence-electron chi connectivity index (χ0n) is 12.1. The van der Waals surface area contributed by atoms with Gasteiger partial charge in [0.25, 0.3) is 0 Å². The minimum Gasteiger partial charge on any atom is -0.377 e. The monoisotopic (exact) mass is 303 g/mol. The van der Waals surface area contributed by atoms with Crippen LogP contribution in [0, 0.1) is 0 Å². The zero-order chi connectivity index (χ0) is 14.5. The molecule has 1 atom stereocenters. The summed E-state index contributed by atoms with van der Waals surface area (Å²) in [6.07, 6.45) is 1.83. The van der Waals surface area contributed by atoms with Crippen LogP contribution in [0.3, 0.4) is 0 Å². The van der Waals surface area contributed by atoms with E-state index in [4.69, 9.17) is 27.9 Å². The second kappa shape index (κ2) is 7.49. The van der Waals surface area contributed by atoms with Crippen molar-refractivity contribution in [3.8, 4) is 0 Å². The minimum atomic E-state index is -0.280. The molecule has 0 amide bonds. The maximum Gasteiger partial charge on any atom is 0.0778 e. The SMILES string of the molecule is CCCNC(Cc1c(Cl)cccc1Cl)C(C)(C)OC. The van der Waals surface area contributed by atoms with Gasteiger partial charge in [-0.25, -0.2) is 0 Å². The molecule has 0 saturated carbocycles. The van der Waals surface area contributed by atoms with E-state index in [9.17, 15) is 0 Å². The topological polar surface area (TPSA) is 21.3 Å². The van der Waals surface area contributed by atoms with Crippen molar-refractivity contribution in [1.29, 1.82) is 0 Å². The zero-order valence-corrected chi connectivity index (χ0v) is 13.6. The van der Waals surface area contributed by atoms with Crippen molar-refractivity contribution in [1.82, 2.24) is 5.32 Å². The van der Waals surface area contributed by atoms with E-state index in [1.54, 1.807) is 7.11 Å². The number of rotatable bonds is 7. The first-order valence-electron chi connectivity index (χ1n) is 6.63. The van der Waals surface area contributed by atoms with Crippen LogP contribution in [0.15, 0.2) is 18.2 Å². The molecule has 1 unspecified atom stereocenters. The van der Waals surface area contributed by atoms with Gasteiger partial charge >= 0.3 is 0 Å². The summed E-state index contributed by atoms with van der Waals surface area (Å²) in [6.45, 7) is 7.24. The normalized spacial score (nSPS) is 13.6. The maximum atomic E-state index is 6.25. The minimum absolute atomic E-state index is 0.162. The van der Waals surface area contributed by atoms with Crippen LogP contribution < -0.4 is 5.32 Å². The van der Waals surface area contributed by atoms with Crippen LogP contribution in [0.1, 0.15) is 32.8 Å². The molecule has 19 heavy (non-hydrogen) atoms. The van der Waals surface area contributed by atoms with E-state index in [1.807, 2.05) is 18.2 Å². The number of hydrogen-bond donors (Lipinski definition) is 1. The van der Waals surface area contributed by atoms with Crippen LogP contribution in [-0.2, 0) is 11.2 Å². The first kappa shape index (κ1) is 16.8. The molecule has 4 heteroatoms. The molecule has 1 aromatic carbocycles. The Hall–Kier alpha value is -0.280. The third kappa shape index (κ3) is 4.64. The summed E-state index contributed by atoms with van der Waals surface area (Å²) in [7, 11) is 1.73. The predicted molar refractivity (Wildman–Crippen MR) is 83.3 cm³/mol. The van der Waals surface area contributed by atoms with Gasteiger partial charge in [0, 0.05) is 23.2 Å². The molecule has 0 bridgehead atoms. The third-order valence-corrected chi connectivity index (χ3v) is 4.18. The van der Waals surface area contributed by atoms with Gasteiger partial charge in [0.1, 0.15) is 0 Å². The Labute approximate surface area is 126 Å². The van der Waals surface area contributed by atoms with E-state index in [2.05, 4.69) is 26.1 Å². The van der Waals surface area contributed by atoms with E-state index in [-0.39, 0.29) is 11.6 Å². The molecule has 0 heterocycles. The van der Waals surface area contributed by atoms with Crippen molar-refractivity contribution in [2.45, 2.75) is 45.3 Å². The van der Waals surface area contributed by atoms with Crippen molar-refractivity contribution in [2.24, 2.45) is 0 Å². The molecule has 0 aliphatic carbocycles. The summed E-state index contributed by atoms with van der Waals surface area (Å²) >= 11 is 12.5. The molecular weight excluding hydrogens is 281 g/mol. The number of ether oxygens (including phenoxy) is 1. The highest BCUT2D eigenvalue weighted by atomic mass is 35.5. The number of benzene rings is 1. The lowest BCUT2D eigenvalue weighted by atomic mass is 9.92.